The van der Waals surface area contributed by atoms with E-state index in [1.54, 1.807) is 43.3 Å². The number of rotatable bonds is 7. The summed E-state index contributed by atoms with van der Waals surface area (Å²) < 4.78 is 44.2. The van der Waals surface area contributed by atoms with Crippen LogP contribution in [-0.4, -0.2) is 28.8 Å². The van der Waals surface area contributed by atoms with Gasteiger partial charge in [0.15, 0.2) is 0 Å². The normalized spacial score (nSPS) is 12.9. The molecule has 1 heterocycles. The second kappa shape index (κ2) is 9.77. The smallest absolute Gasteiger partial charge is 0.266 e. The molecule has 6 nitrogen and oxygen atoms in total. The SMILES string of the molecule is CCCN(C(C)c1nc2ccccc2c(=O)n1-c1ccc(Br)cc1)S(=O)(=O)c1ccc(F)cc1. The van der Waals surface area contributed by atoms with Gasteiger partial charge in [-0.3, -0.25) is 9.36 Å². The van der Waals surface area contributed by atoms with E-state index in [4.69, 9.17) is 4.98 Å². The van der Waals surface area contributed by atoms with Crippen LogP contribution >= 0.6 is 15.9 Å². The molecule has 9 heteroatoms. The summed E-state index contributed by atoms with van der Waals surface area (Å²) in [6.07, 6.45) is 0.543. The molecule has 0 N–H and O–H groups in total. The minimum Gasteiger partial charge on any atom is -0.268 e. The lowest BCUT2D eigenvalue weighted by molar-refractivity contribution is 0.327. The first-order valence-corrected chi connectivity index (χ1v) is 13.0. The highest BCUT2D eigenvalue weighted by Crippen LogP contribution is 2.29. The summed E-state index contributed by atoms with van der Waals surface area (Å²) in [6.45, 7) is 3.78. The molecule has 0 aliphatic rings. The molecule has 4 rings (SSSR count). The number of halogens is 2. The molecule has 1 atom stereocenters. The number of nitrogens with zero attached hydrogens (tertiary/aromatic N) is 3. The Hall–Kier alpha value is -2.88. The van der Waals surface area contributed by atoms with E-state index in [1.807, 2.05) is 19.1 Å². The molecule has 176 valence electrons. The summed E-state index contributed by atoms with van der Waals surface area (Å²) in [4.78, 5) is 18.3. The topological polar surface area (TPSA) is 72.3 Å². The van der Waals surface area contributed by atoms with Crippen molar-refractivity contribution in [2.45, 2.75) is 31.2 Å². The molecule has 0 spiro atoms. The van der Waals surface area contributed by atoms with Crippen molar-refractivity contribution in [1.29, 1.82) is 0 Å². The second-order valence-electron chi connectivity index (χ2n) is 7.85. The zero-order valence-electron chi connectivity index (χ0n) is 18.7. The molecule has 0 amide bonds. The van der Waals surface area contributed by atoms with E-state index in [1.165, 1.54) is 21.0 Å². The summed E-state index contributed by atoms with van der Waals surface area (Å²) >= 11 is 3.41. The van der Waals surface area contributed by atoms with Gasteiger partial charge in [-0.25, -0.2) is 17.8 Å². The predicted octanol–water partition coefficient (Wildman–Crippen LogP) is 5.45. The largest absolute Gasteiger partial charge is 0.268 e. The molecule has 0 aliphatic carbocycles. The molecular formula is C25H23BrFN3O3S. The van der Waals surface area contributed by atoms with Crippen LogP contribution in [0.3, 0.4) is 0 Å². The maximum Gasteiger partial charge on any atom is 0.266 e. The Morgan fingerprint density at radius 3 is 2.32 bits per heavy atom. The molecule has 3 aromatic carbocycles. The predicted molar refractivity (Wildman–Crippen MR) is 134 cm³/mol. The Morgan fingerprint density at radius 2 is 1.68 bits per heavy atom. The molecule has 34 heavy (non-hydrogen) atoms. The standard InChI is InChI=1S/C25H23BrFN3O3S/c1-3-16-29(34(32,33)21-14-10-19(27)11-15-21)17(2)24-28-23-7-5-4-6-22(23)25(31)30(24)20-12-8-18(26)9-13-20/h4-15,17H,3,16H2,1-2H3. The summed E-state index contributed by atoms with van der Waals surface area (Å²) in [5.41, 5.74) is 0.771. The van der Waals surface area contributed by atoms with Crippen LogP contribution in [0.15, 0.2) is 87.0 Å². The van der Waals surface area contributed by atoms with Crippen molar-refractivity contribution in [2.24, 2.45) is 0 Å². The molecule has 0 saturated carbocycles. The molecule has 0 saturated heterocycles. The number of aromatic nitrogens is 2. The van der Waals surface area contributed by atoms with E-state index in [0.29, 0.717) is 28.8 Å². The Labute approximate surface area is 205 Å². The van der Waals surface area contributed by atoms with Gasteiger partial charge < -0.3 is 0 Å². The number of hydrogen-bond acceptors (Lipinski definition) is 4. The van der Waals surface area contributed by atoms with Crippen molar-refractivity contribution < 1.29 is 12.8 Å². The quantitative estimate of drug-likeness (QED) is 0.310. The lowest BCUT2D eigenvalue weighted by Gasteiger charge is -2.29. The van der Waals surface area contributed by atoms with E-state index in [2.05, 4.69) is 15.9 Å². The van der Waals surface area contributed by atoms with Gasteiger partial charge in [-0.1, -0.05) is 35.0 Å². The first-order valence-electron chi connectivity index (χ1n) is 10.8. The molecule has 1 aromatic heterocycles. The fourth-order valence-corrected chi connectivity index (χ4v) is 5.83. The monoisotopic (exact) mass is 543 g/mol. The van der Waals surface area contributed by atoms with Crippen LogP contribution in [0.1, 0.15) is 32.1 Å². The third-order valence-electron chi connectivity index (χ3n) is 5.56. The zero-order valence-corrected chi connectivity index (χ0v) is 21.1. The summed E-state index contributed by atoms with van der Waals surface area (Å²) in [6, 6.07) is 18.1. The first kappa shape index (κ1) is 24.3. The van der Waals surface area contributed by atoms with Gasteiger partial charge >= 0.3 is 0 Å². The number of para-hydroxylation sites is 1. The molecular weight excluding hydrogens is 521 g/mol. The first-order chi connectivity index (χ1) is 16.2. The van der Waals surface area contributed by atoms with Gasteiger partial charge in [0.05, 0.1) is 27.5 Å². The van der Waals surface area contributed by atoms with Crippen LogP contribution in [0.5, 0.6) is 0 Å². The molecule has 0 bridgehead atoms. The zero-order chi connectivity index (χ0) is 24.5. The van der Waals surface area contributed by atoms with Gasteiger partial charge in [0, 0.05) is 11.0 Å². The average molecular weight is 544 g/mol. The number of fused-ring (bicyclic) bond motifs is 1. The van der Waals surface area contributed by atoms with Gasteiger partial charge in [0.25, 0.3) is 5.56 Å². The van der Waals surface area contributed by atoms with Crippen molar-refractivity contribution in [3.8, 4) is 5.69 Å². The summed E-state index contributed by atoms with van der Waals surface area (Å²) in [7, 11) is -4.00. The Morgan fingerprint density at radius 1 is 1.03 bits per heavy atom. The fourth-order valence-electron chi connectivity index (χ4n) is 3.88. The van der Waals surface area contributed by atoms with Gasteiger partial charge in [-0.15, -0.1) is 0 Å². The third kappa shape index (κ3) is 4.55. The molecule has 0 aliphatic heterocycles. The van der Waals surface area contributed by atoms with Crippen LogP contribution in [0, 0.1) is 5.82 Å². The second-order valence-corrected chi connectivity index (χ2v) is 10.7. The van der Waals surface area contributed by atoms with Crippen LogP contribution in [0.4, 0.5) is 4.39 Å². The van der Waals surface area contributed by atoms with Gasteiger partial charge in [0.1, 0.15) is 11.6 Å². The van der Waals surface area contributed by atoms with Gasteiger partial charge in [0.2, 0.25) is 10.0 Å². The van der Waals surface area contributed by atoms with E-state index in [-0.39, 0.29) is 17.0 Å². The van der Waals surface area contributed by atoms with Crippen LogP contribution < -0.4 is 5.56 Å². The lowest BCUT2D eigenvalue weighted by Crippen LogP contribution is -2.38. The highest BCUT2D eigenvalue weighted by molar-refractivity contribution is 9.10. The number of hydrogen-bond donors (Lipinski definition) is 0. The highest BCUT2D eigenvalue weighted by atomic mass is 79.9. The molecule has 0 fully saturated rings. The average Bonchev–Trinajstić information content (AvgIpc) is 2.83. The summed E-state index contributed by atoms with van der Waals surface area (Å²) in [5, 5.41) is 0.435. The van der Waals surface area contributed by atoms with Crippen LogP contribution in [0.25, 0.3) is 16.6 Å². The van der Waals surface area contributed by atoms with Gasteiger partial charge in [-0.05, 0) is 74.0 Å². The van der Waals surface area contributed by atoms with E-state index in [9.17, 15) is 17.6 Å². The van der Waals surface area contributed by atoms with Crippen LogP contribution in [-0.2, 0) is 10.0 Å². The molecule has 0 radical (unpaired) electrons. The number of sulfonamides is 1. The lowest BCUT2D eigenvalue weighted by atomic mass is 10.2. The van der Waals surface area contributed by atoms with Crippen molar-refractivity contribution in [1.82, 2.24) is 13.9 Å². The van der Waals surface area contributed by atoms with Crippen LogP contribution in [0.2, 0.25) is 0 Å². The minimum absolute atomic E-state index is 0.0208. The highest BCUT2D eigenvalue weighted by Gasteiger charge is 2.32. The Balaban J connectivity index is 1.94. The van der Waals surface area contributed by atoms with Crippen molar-refractivity contribution in [2.75, 3.05) is 6.54 Å². The maximum absolute atomic E-state index is 13.6. The third-order valence-corrected chi connectivity index (χ3v) is 8.07. The number of benzene rings is 3. The van der Waals surface area contributed by atoms with E-state index < -0.39 is 21.9 Å². The van der Waals surface area contributed by atoms with Crippen molar-refractivity contribution in [3.63, 3.8) is 0 Å². The maximum atomic E-state index is 13.6. The Kier molecular flexibility index (Phi) is 6.97. The fraction of sp³-hybridized carbons (Fsp3) is 0.200. The summed E-state index contributed by atoms with van der Waals surface area (Å²) in [5.74, 6) is -0.223. The minimum atomic E-state index is -4.00. The molecule has 1 unspecified atom stereocenters. The van der Waals surface area contributed by atoms with Crippen molar-refractivity contribution in [3.05, 3.63) is 99.3 Å². The van der Waals surface area contributed by atoms with Gasteiger partial charge in [-0.2, -0.15) is 4.31 Å². The van der Waals surface area contributed by atoms with E-state index >= 15 is 0 Å². The van der Waals surface area contributed by atoms with Crippen molar-refractivity contribution >= 4 is 36.9 Å². The van der Waals surface area contributed by atoms with E-state index in [0.717, 1.165) is 16.6 Å². The molecule has 4 aromatic rings. The Bertz CT molecular complexity index is 1490.